The quantitative estimate of drug-likeness (QED) is 0.383. The van der Waals surface area contributed by atoms with E-state index in [1.165, 1.54) is 11.0 Å². The van der Waals surface area contributed by atoms with Gasteiger partial charge < -0.3 is 24.5 Å². The zero-order chi connectivity index (χ0) is 27.7. The van der Waals surface area contributed by atoms with Gasteiger partial charge in [-0.2, -0.15) is 0 Å². The molecule has 2 amide bonds. The van der Waals surface area contributed by atoms with E-state index < -0.39 is 18.0 Å². The third-order valence-corrected chi connectivity index (χ3v) is 8.11. The average Bonchev–Trinajstić information content (AvgIpc) is 2.98. The molecule has 0 spiro atoms. The summed E-state index contributed by atoms with van der Waals surface area (Å²) in [6, 6.07) is 10.3. The van der Waals surface area contributed by atoms with Gasteiger partial charge in [-0.15, -0.1) is 0 Å². The van der Waals surface area contributed by atoms with E-state index in [0.717, 1.165) is 10.9 Å². The number of pyridine rings is 2. The molecule has 2 aromatic carbocycles. The third-order valence-electron chi connectivity index (χ3n) is 7.81. The minimum atomic E-state index is -0.741. The number of hydrogen-bond acceptors (Lipinski definition) is 7. The van der Waals surface area contributed by atoms with Crippen molar-refractivity contribution < 1.29 is 23.8 Å². The minimum absolute atomic E-state index is 0.0255. The van der Waals surface area contributed by atoms with Crippen LogP contribution < -0.4 is 14.5 Å². The molecule has 11 heteroatoms. The van der Waals surface area contributed by atoms with Crippen molar-refractivity contribution in [1.29, 1.82) is 0 Å². The van der Waals surface area contributed by atoms with Gasteiger partial charge >= 0.3 is 0 Å². The molecule has 1 fully saturated rings. The standard InChI is InChI=1S/C29H23ClFN5O4/c1-2-22(38)34-7-8-35-21(13-34)29(39)36-12-17(14-37)40-28-27(36)26(35)18-10-19(30)23(24(31)25(18)33-28)16-9-15-5-3-4-6-20(15)32-11-16/h2-6,9-11,17,21,37H,1,7-8,12-14H2/t17-,21+/m0/s1. The Kier molecular flexibility index (Phi) is 5.65. The molecule has 7 rings (SSSR count). The maximum absolute atomic E-state index is 16.5. The van der Waals surface area contributed by atoms with Crippen LogP contribution in [0.1, 0.15) is 0 Å². The van der Waals surface area contributed by atoms with E-state index in [-0.39, 0.29) is 53.5 Å². The molecule has 2 atom stereocenters. The van der Waals surface area contributed by atoms with E-state index in [0.29, 0.717) is 35.4 Å². The molecule has 40 heavy (non-hydrogen) atoms. The largest absolute Gasteiger partial charge is 0.468 e. The zero-order valence-electron chi connectivity index (χ0n) is 21.2. The maximum Gasteiger partial charge on any atom is 0.251 e. The van der Waals surface area contributed by atoms with E-state index in [9.17, 15) is 14.7 Å². The summed E-state index contributed by atoms with van der Waals surface area (Å²) in [5.41, 5.74) is 2.43. The lowest BCUT2D eigenvalue weighted by molar-refractivity contribution is -0.128. The van der Waals surface area contributed by atoms with Crippen LogP contribution >= 0.6 is 11.6 Å². The first-order valence-electron chi connectivity index (χ1n) is 12.9. The summed E-state index contributed by atoms with van der Waals surface area (Å²) in [7, 11) is 0. The predicted octanol–water partition coefficient (Wildman–Crippen LogP) is 3.55. The summed E-state index contributed by atoms with van der Waals surface area (Å²) in [6.07, 6.45) is 2.06. The van der Waals surface area contributed by atoms with Gasteiger partial charge in [-0.3, -0.25) is 14.6 Å². The van der Waals surface area contributed by atoms with Crippen LogP contribution in [0.25, 0.3) is 32.9 Å². The molecule has 5 heterocycles. The van der Waals surface area contributed by atoms with Gasteiger partial charge in [0.2, 0.25) is 11.8 Å². The van der Waals surface area contributed by atoms with Crippen molar-refractivity contribution in [3.8, 4) is 17.0 Å². The van der Waals surface area contributed by atoms with Gasteiger partial charge in [-0.1, -0.05) is 36.4 Å². The van der Waals surface area contributed by atoms with Crippen molar-refractivity contribution >= 4 is 56.6 Å². The smallest absolute Gasteiger partial charge is 0.251 e. The number of amides is 2. The molecule has 1 N–H and O–H groups in total. The van der Waals surface area contributed by atoms with Gasteiger partial charge in [0.1, 0.15) is 23.3 Å². The van der Waals surface area contributed by atoms with Crippen molar-refractivity contribution in [1.82, 2.24) is 14.9 Å². The summed E-state index contributed by atoms with van der Waals surface area (Å²) in [4.78, 5) is 40.1. The molecule has 0 bridgehead atoms. The third kappa shape index (κ3) is 3.56. The molecule has 202 valence electrons. The molecule has 1 saturated heterocycles. The minimum Gasteiger partial charge on any atom is -0.468 e. The van der Waals surface area contributed by atoms with Gasteiger partial charge in [-0.05, 0) is 24.3 Å². The summed E-state index contributed by atoms with van der Waals surface area (Å²) in [6.45, 7) is 4.12. The Morgan fingerprint density at radius 1 is 1.23 bits per heavy atom. The number of piperazine rings is 1. The number of carbonyl (C=O) groups is 2. The highest BCUT2D eigenvalue weighted by Gasteiger charge is 2.47. The molecule has 2 aromatic heterocycles. The van der Waals surface area contributed by atoms with Crippen LogP contribution in [0, 0.1) is 5.82 Å². The second kappa shape index (κ2) is 9.14. The first-order valence-corrected chi connectivity index (χ1v) is 13.2. The van der Waals surface area contributed by atoms with Gasteiger partial charge in [0.05, 0.1) is 35.9 Å². The van der Waals surface area contributed by atoms with Crippen LogP contribution in [-0.2, 0) is 9.59 Å². The first kappa shape index (κ1) is 24.7. The van der Waals surface area contributed by atoms with Crippen molar-refractivity contribution in [2.75, 3.05) is 42.6 Å². The number of aliphatic hydroxyl groups is 1. The number of benzene rings is 2. The molecule has 3 aliphatic rings. The van der Waals surface area contributed by atoms with Gasteiger partial charge in [0.15, 0.2) is 5.82 Å². The Balaban J connectivity index is 1.46. The highest BCUT2D eigenvalue weighted by atomic mass is 35.5. The van der Waals surface area contributed by atoms with Crippen LogP contribution in [0.5, 0.6) is 5.88 Å². The Labute approximate surface area is 233 Å². The second-order valence-corrected chi connectivity index (χ2v) is 10.5. The highest BCUT2D eigenvalue weighted by Crippen LogP contribution is 2.51. The van der Waals surface area contributed by atoms with Crippen LogP contribution in [0.2, 0.25) is 5.02 Å². The van der Waals surface area contributed by atoms with Crippen LogP contribution in [-0.4, -0.2) is 76.7 Å². The van der Waals surface area contributed by atoms with E-state index in [2.05, 4.69) is 16.5 Å². The number of nitrogens with zero attached hydrogens (tertiary/aromatic N) is 5. The number of aromatic nitrogens is 2. The SMILES string of the molecule is C=CC(=O)N1CCN2c3c4c(nc5c(F)c(-c6cnc7ccccc7c6)c(Cl)cc35)O[C@H](CO)CN4C(=O)[C@H]2C1. The second-order valence-electron chi connectivity index (χ2n) is 10.0. The van der Waals surface area contributed by atoms with E-state index in [4.69, 9.17) is 16.3 Å². The lowest BCUT2D eigenvalue weighted by atomic mass is 9.96. The van der Waals surface area contributed by atoms with E-state index in [1.54, 1.807) is 17.2 Å². The fourth-order valence-electron chi connectivity index (χ4n) is 5.93. The molecule has 0 aliphatic carbocycles. The molecular weight excluding hydrogens is 537 g/mol. The number of rotatable bonds is 3. The molecule has 0 unspecified atom stereocenters. The van der Waals surface area contributed by atoms with Crippen molar-refractivity contribution in [2.24, 2.45) is 0 Å². The zero-order valence-corrected chi connectivity index (χ0v) is 21.9. The Morgan fingerprint density at radius 2 is 2.05 bits per heavy atom. The van der Waals surface area contributed by atoms with Crippen LogP contribution in [0.15, 0.2) is 55.3 Å². The number of hydrogen-bond donors (Lipinski definition) is 1. The van der Waals surface area contributed by atoms with Crippen molar-refractivity contribution in [3.05, 3.63) is 66.1 Å². The normalized spacial score (nSPS) is 19.9. The number of carbonyl (C=O) groups excluding carboxylic acids is 2. The fourth-order valence-corrected chi connectivity index (χ4v) is 6.23. The lowest BCUT2D eigenvalue weighted by Gasteiger charge is -2.50. The number of para-hydroxylation sites is 1. The number of fused-ring (bicyclic) bond motifs is 5. The van der Waals surface area contributed by atoms with Gasteiger partial charge in [0.25, 0.3) is 5.91 Å². The maximum atomic E-state index is 16.5. The lowest BCUT2D eigenvalue weighted by Crippen LogP contribution is -2.65. The topological polar surface area (TPSA) is 99.1 Å². The summed E-state index contributed by atoms with van der Waals surface area (Å²) in [5.74, 6) is -1.10. The Bertz CT molecular complexity index is 1760. The monoisotopic (exact) mass is 559 g/mol. The summed E-state index contributed by atoms with van der Waals surface area (Å²) >= 11 is 6.77. The number of ether oxygens (including phenoxy) is 1. The highest BCUT2D eigenvalue weighted by molar-refractivity contribution is 6.34. The Morgan fingerprint density at radius 3 is 2.85 bits per heavy atom. The van der Waals surface area contributed by atoms with Crippen molar-refractivity contribution in [3.63, 3.8) is 0 Å². The predicted molar refractivity (Wildman–Crippen MR) is 149 cm³/mol. The van der Waals surface area contributed by atoms with Crippen molar-refractivity contribution in [2.45, 2.75) is 12.1 Å². The molecule has 4 aromatic rings. The van der Waals surface area contributed by atoms with Crippen LogP contribution in [0.3, 0.4) is 0 Å². The molecule has 0 radical (unpaired) electrons. The van der Waals surface area contributed by atoms with E-state index >= 15 is 4.39 Å². The molecule has 9 nitrogen and oxygen atoms in total. The van der Waals surface area contributed by atoms with Gasteiger partial charge in [-0.25, -0.2) is 9.37 Å². The van der Waals surface area contributed by atoms with Gasteiger partial charge in [0, 0.05) is 41.2 Å². The molecule has 3 aliphatic heterocycles. The number of aliphatic hydroxyl groups excluding tert-OH is 1. The first-order chi connectivity index (χ1) is 19.4. The number of halogens is 2. The summed E-state index contributed by atoms with van der Waals surface area (Å²) < 4.78 is 22.4. The van der Waals surface area contributed by atoms with Crippen LogP contribution in [0.4, 0.5) is 15.8 Å². The molecule has 0 saturated carbocycles. The Hall–Kier alpha value is -4.28. The number of anilines is 2. The van der Waals surface area contributed by atoms with E-state index in [1.807, 2.05) is 35.2 Å². The summed E-state index contributed by atoms with van der Waals surface area (Å²) in [5, 5.41) is 11.3. The fraction of sp³-hybridized carbons (Fsp3) is 0.241. The molecular formula is C29H23ClFN5O4. The average molecular weight is 560 g/mol.